The summed E-state index contributed by atoms with van der Waals surface area (Å²) in [4.78, 5) is 8.64. The van der Waals surface area contributed by atoms with Gasteiger partial charge in [0.2, 0.25) is 0 Å². The van der Waals surface area contributed by atoms with E-state index in [0.717, 1.165) is 6.42 Å². The lowest BCUT2D eigenvalue weighted by atomic mass is 9.86. The SMILES string of the molecule is CNS(=O)(=O)O[C@H]1C[C@H](Nc2cc(N[C@H]3CC(C)(C)c4ccccc43)ncn2)C[C@@H]1O. The maximum Gasteiger partial charge on any atom is 0.335 e. The number of aliphatic hydroxyl groups is 1. The molecule has 1 fully saturated rings. The van der Waals surface area contributed by atoms with Gasteiger partial charge in [-0.3, -0.25) is 4.18 Å². The van der Waals surface area contributed by atoms with Crippen molar-refractivity contribution in [1.82, 2.24) is 14.7 Å². The van der Waals surface area contributed by atoms with Crippen LogP contribution < -0.4 is 15.4 Å². The maximum absolute atomic E-state index is 11.6. The Morgan fingerprint density at radius 2 is 1.84 bits per heavy atom. The second kappa shape index (κ2) is 8.34. The Balaban J connectivity index is 1.42. The summed E-state index contributed by atoms with van der Waals surface area (Å²) in [6, 6.07) is 10.3. The minimum Gasteiger partial charge on any atom is -0.390 e. The lowest BCUT2D eigenvalue weighted by Crippen LogP contribution is -2.31. The molecule has 2 aliphatic carbocycles. The van der Waals surface area contributed by atoms with Crippen molar-refractivity contribution >= 4 is 21.9 Å². The molecule has 0 spiro atoms. The van der Waals surface area contributed by atoms with Crippen LogP contribution in [0.25, 0.3) is 0 Å². The predicted molar refractivity (Wildman–Crippen MR) is 118 cm³/mol. The Hall–Kier alpha value is -2.27. The van der Waals surface area contributed by atoms with Crippen molar-refractivity contribution < 1.29 is 17.7 Å². The van der Waals surface area contributed by atoms with Gasteiger partial charge in [-0.15, -0.1) is 0 Å². The van der Waals surface area contributed by atoms with Gasteiger partial charge in [0.15, 0.2) is 0 Å². The molecule has 1 saturated carbocycles. The highest BCUT2D eigenvalue weighted by molar-refractivity contribution is 7.84. The molecule has 2 aliphatic rings. The predicted octanol–water partition coefficient (Wildman–Crippen LogP) is 2.10. The second-order valence-corrected chi connectivity index (χ2v) is 10.3. The number of rotatable bonds is 7. The first-order valence-corrected chi connectivity index (χ1v) is 11.8. The Bertz CT molecular complexity index is 1050. The van der Waals surface area contributed by atoms with Crippen molar-refractivity contribution in [3.05, 3.63) is 47.8 Å². The molecule has 10 heteroatoms. The average molecular weight is 448 g/mol. The van der Waals surface area contributed by atoms with E-state index in [0.29, 0.717) is 24.5 Å². The largest absolute Gasteiger partial charge is 0.390 e. The van der Waals surface area contributed by atoms with Crippen LogP contribution in [0, 0.1) is 0 Å². The van der Waals surface area contributed by atoms with Gasteiger partial charge in [-0.1, -0.05) is 38.1 Å². The van der Waals surface area contributed by atoms with Gasteiger partial charge in [0.1, 0.15) is 24.1 Å². The zero-order valence-electron chi connectivity index (χ0n) is 17.9. The van der Waals surface area contributed by atoms with E-state index in [1.807, 2.05) is 6.07 Å². The van der Waals surface area contributed by atoms with E-state index in [2.05, 4.69) is 63.4 Å². The van der Waals surface area contributed by atoms with E-state index < -0.39 is 22.5 Å². The molecule has 2 aromatic rings. The number of aliphatic hydroxyl groups excluding tert-OH is 1. The highest BCUT2D eigenvalue weighted by atomic mass is 32.2. The monoisotopic (exact) mass is 447 g/mol. The summed E-state index contributed by atoms with van der Waals surface area (Å²) in [6.45, 7) is 4.50. The van der Waals surface area contributed by atoms with Gasteiger partial charge < -0.3 is 15.7 Å². The Labute approximate surface area is 182 Å². The zero-order valence-corrected chi connectivity index (χ0v) is 18.7. The topological polar surface area (TPSA) is 125 Å². The van der Waals surface area contributed by atoms with Gasteiger partial charge in [-0.25, -0.2) is 9.97 Å². The van der Waals surface area contributed by atoms with Gasteiger partial charge in [0.25, 0.3) is 0 Å². The molecular formula is C21H29N5O4S. The first kappa shape index (κ1) is 21.9. The van der Waals surface area contributed by atoms with E-state index >= 15 is 0 Å². The molecule has 4 N–H and O–H groups in total. The van der Waals surface area contributed by atoms with Crippen LogP contribution >= 0.6 is 0 Å². The summed E-state index contributed by atoms with van der Waals surface area (Å²) in [5.74, 6) is 1.32. The third kappa shape index (κ3) is 4.82. The molecule has 168 valence electrons. The number of aromatic nitrogens is 2. The van der Waals surface area contributed by atoms with Crippen molar-refractivity contribution in [2.24, 2.45) is 0 Å². The molecule has 4 rings (SSSR count). The normalized spacial score (nSPS) is 27.1. The first-order valence-electron chi connectivity index (χ1n) is 10.4. The number of nitrogens with one attached hydrogen (secondary N) is 3. The van der Waals surface area contributed by atoms with Crippen molar-refractivity contribution in [3.8, 4) is 0 Å². The minimum absolute atomic E-state index is 0.0883. The fraction of sp³-hybridized carbons (Fsp3) is 0.524. The molecule has 0 saturated heterocycles. The fourth-order valence-corrected chi connectivity index (χ4v) is 5.22. The molecule has 0 bridgehead atoms. The molecule has 4 atom stereocenters. The molecule has 0 aliphatic heterocycles. The van der Waals surface area contributed by atoms with Crippen LogP contribution in [0.15, 0.2) is 36.7 Å². The van der Waals surface area contributed by atoms with Gasteiger partial charge in [-0.05, 0) is 35.8 Å². The van der Waals surface area contributed by atoms with Gasteiger partial charge in [-0.2, -0.15) is 13.1 Å². The lowest BCUT2D eigenvalue weighted by molar-refractivity contribution is 0.0636. The molecule has 1 aromatic carbocycles. The molecule has 1 aromatic heterocycles. The quantitative estimate of drug-likeness (QED) is 0.508. The van der Waals surface area contributed by atoms with Crippen molar-refractivity contribution in [1.29, 1.82) is 0 Å². The second-order valence-electron chi connectivity index (χ2n) is 8.83. The summed E-state index contributed by atoms with van der Waals surface area (Å²) in [6.07, 6.45) is 1.48. The number of nitrogens with zero attached hydrogens (tertiary/aromatic N) is 2. The Morgan fingerprint density at radius 1 is 1.13 bits per heavy atom. The summed E-state index contributed by atoms with van der Waals surface area (Å²) in [5, 5.41) is 17.0. The maximum atomic E-state index is 11.6. The molecule has 1 heterocycles. The summed E-state index contributed by atoms with van der Waals surface area (Å²) < 4.78 is 30.3. The van der Waals surface area contributed by atoms with E-state index in [9.17, 15) is 13.5 Å². The number of hydrogen-bond acceptors (Lipinski definition) is 8. The van der Waals surface area contributed by atoms with E-state index in [4.69, 9.17) is 4.18 Å². The Morgan fingerprint density at radius 3 is 2.58 bits per heavy atom. The van der Waals surface area contributed by atoms with Crippen LogP contribution in [0.4, 0.5) is 11.6 Å². The van der Waals surface area contributed by atoms with Crippen LogP contribution in [0.3, 0.4) is 0 Å². The van der Waals surface area contributed by atoms with Crippen molar-refractivity contribution in [3.63, 3.8) is 0 Å². The van der Waals surface area contributed by atoms with E-state index in [-0.39, 0.29) is 17.5 Å². The zero-order chi connectivity index (χ0) is 22.2. The fourth-order valence-electron chi connectivity index (χ4n) is 4.59. The number of fused-ring (bicyclic) bond motifs is 1. The lowest BCUT2D eigenvalue weighted by Gasteiger charge is -2.20. The smallest absolute Gasteiger partial charge is 0.335 e. The number of hydrogen-bond donors (Lipinski definition) is 4. The van der Waals surface area contributed by atoms with Crippen LogP contribution in [0.1, 0.15) is 50.3 Å². The van der Waals surface area contributed by atoms with Crippen LogP contribution in [0.5, 0.6) is 0 Å². The van der Waals surface area contributed by atoms with Gasteiger partial charge in [0, 0.05) is 19.2 Å². The summed E-state index contributed by atoms with van der Waals surface area (Å²) in [7, 11) is -2.59. The Kier molecular flexibility index (Phi) is 5.91. The molecule has 31 heavy (non-hydrogen) atoms. The highest BCUT2D eigenvalue weighted by Crippen LogP contribution is 2.45. The highest BCUT2D eigenvalue weighted by Gasteiger charge is 2.38. The number of anilines is 2. The van der Waals surface area contributed by atoms with Crippen LogP contribution in [0.2, 0.25) is 0 Å². The van der Waals surface area contributed by atoms with E-state index in [1.165, 1.54) is 24.5 Å². The average Bonchev–Trinajstić information content (AvgIpc) is 3.18. The third-order valence-electron chi connectivity index (χ3n) is 6.09. The summed E-state index contributed by atoms with van der Waals surface area (Å²) in [5.41, 5.74) is 2.72. The van der Waals surface area contributed by atoms with Crippen molar-refractivity contribution in [2.75, 3.05) is 17.7 Å². The molecular weight excluding hydrogens is 418 g/mol. The third-order valence-corrected chi connectivity index (χ3v) is 7.09. The molecule has 0 radical (unpaired) electrons. The molecule has 0 amide bonds. The van der Waals surface area contributed by atoms with Crippen LogP contribution in [-0.2, 0) is 19.9 Å². The standard InChI is InChI=1S/C21H29N5O4S/c1-21(2)11-16(14-6-4-5-7-15(14)21)26-20-10-19(23-12-24-20)25-13-8-17(27)18(9-13)30-31(28,29)22-3/h4-7,10,12-13,16-18,22,27H,8-9,11H2,1-3H3,(H2,23,24,25,26)/t13-,16+,17+,18+/m1/s1. The van der Waals surface area contributed by atoms with E-state index in [1.54, 1.807) is 0 Å². The van der Waals surface area contributed by atoms with Gasteiger partial charge in [0.05, 0.1) is 12.1 Å². The first-order chi connectivity index (χ1) is 14.7. The van der Waals surface area contributed by atoms with Crippen LogP contribution in [-0.4, -0.2) is 48.8 Å². The molecule has 0 unspecified atom stereocenters. The summed E-state index contributed by atoms with van der Waals surface area (Å²) >= 11 is 0. The number of benzene rings is 1. The van der Waals surface area contributed by atoms with Crippen molar-refractivity contribution in [2.45, 2.75) is 62.8 Å². The minimum atomic E-state index is -3.86. The van der Waals surface area contributed by atoms with Gasteiger partial charge >= 0.3 is 10.3 Å². The molecule has 9 nitrogen and oxygen atoms in total.